The van der Waals surface area contributed by atoms with Gasteiger partial charge in [0.1, 0.15) is 5.82 Å². The fraction of sp³-hybridized carbons (Fsp3) is 0.538. The van der Waals surface area contributed by atoms with Crippen molar-refractivity contribution in [3.8, 4) is 0 Å². The lowest BCUT2D eigenvalue weighted by Gasteiger charge is -2.22. The first kappa shape index (κ1) is 12.3. The van der Waals surface area contributed by atoms with Gasteiger partial charge in [-0.05, 0) is 31.9 Å². The third-order valence-electron chi connectivity index (χ3n) is 4.05. The predicted molar refractivity (Wildman–Crippen MR) is 69.7 cm³/mol. The molecule has 3 rings (SSSR count). The number of rotatable bonds is 3. The van der Waals surface area contributed by atoms with Crippen LogP contribution < -0.4 is 5.32 Å². The topological polar surface area (TPSA) is 58.4 Å². The van der Waals surface area contributed by atoms with Crippen LogP contribution in [0.2, 0.25) is 0 Å². The SMILES string of the molecule is O=[N+]([O-])c1cc(F)cc(NC2CCN3CCCC23)c1. The van der Waals surface area contributed by atoms with Crippen molar-refractivity contribution in [1.29, 1.82) is 0 Å². The first-order valence-corrected chi connectivity index (χ1v) is 6.59. The molecule has 0 bridgehead atoms. The maximum Gasteiger partial charge on any atom is 0.274 e. The first-order valence-electron chi connectivity index (χ1n) is 6.59. The Morgan fingerprint density at radius 3 is 2.95 bits per heavy atom. The second-order valence-corrected chi connectivity index (χ2v) is 5.24. The van der Waals surface area contributed by atoms with Crippen LogP contribution >= 0.6 is 0 Å². The Balaban J connectivity index is 1.78. The summed E-state index contributed by atoms with van der Waals surface area (Å²) in [4.78, 5) is 12.6. The number of benzene rings is 1. The van der Waals surface area contributed by atoms with Gasteiger partial charge in [-0.3, -0.25) is 15.0 Å². The largest absolute Gasteiger partial charge is 0.380 e. The Morgan fingerprint density at radius 2 is 2.16 bits per heavy atom. The molecule has 6 heteroatoms. The standard InChI is InChI=1S/C13H16FN3O2/c14-9-6-10(8-11(7-9)17(18)19)15-12-3-5-16-4-1-2-13(12)16/h6-8,12-13,15H,1-5H2. The molecule has 2 aliphatic heterocycles. The van der Waals surface area contributed by atoms with E-state index in [-0.39, 0.29) is 11.7 Å². The molecule has 1 N–H and O–H groups in total. The normalized spacial score (nSPS) is 26.4. The maximum atomic E-state index is 13.4. The fourth-order valence-electron chi connectivity index (χ4n) is 3.23. The molecule has 1 aromatic carbocycles. The number of anilines is 1. The van der Waals surface area contributed by atoms with Gasteiger partial charge < -0.3 is 5.32 Å². The summed E-state index contributed by atoms with van der Waals surface area (Å²) in [7, 11) is 0. The molecule has 2 unspecified atom stereocenters. The van der Waals surface area contributed by atoms with E-state index in [4.69, 9.17) is 0 Å². The fourth-order valence-corrected chi connectivity index (χ4v) is 3.23. The predicted octanol–water partition coefficient (Wildman–Crippen LogP) is 2.38. The summed E-state index contributed by atoms with van der Waals surface area (Å²) >= 11 is 0. The highest BCUT2D eigenvalue weighted by Crippen LogP contribution is 2.31. The number of nitro groups is 1. The zero-order valence-corrected chi connectivity index (χ0v) is 10.5. The molecule has 2 aliphatic rings. The quantitative estimate of drug-likeness (QED) is 0.673. The van der Waals surface area contributed by atoms with Gasteiger partial charge in [0, 0.05) is 30.4 Å². The van der Waals surface area contributed by atoms with Crippen molar-refractivity contribution in [2.24, 2.45) is 0 Å². The molecular weight excluding hydrogens is 249 g/mol. The van der Waals surface area contributed by atoms with Gasteiger partial charge in [0.2, 0.25) is 0 Å². The van der Waals surface area contributed by atoms with Crippen LogP contribution in [0.5, 0.6) is 0 Å². The highest BCUT2D eigenvalue weighted by atomic mass is 19.1. The molecule has 0 spiro atoms. The van der Waals surface area contributed by atoms with Gasteiger partial charge in [0.25, 0.3) is 5.69 Å². The molecule has 2 fully saturated rings. The second kappa shape index (κ2) is 4.77. The van der Waals surface area contributed by atoms with E-state index in [0.29, 0.717) is 11.7 Å². The van der Waals surface area contributed by atoms with Crippen LogP contribution in [-0.2, 0) is 0 Å². The Labute approximate surface area is 110 Å². The molecule has 0 amide bonds. The van der Waals surface area contributed by atoms with Gasteiger partial charge in [-0.25, -0.2) is 4.39 Å². The van der Waals surface area contributed by atoms with Gasteiger partial charge in [0.05, 0.1) is 11.0 Å². The Hall–Kier alpha value is -1.69. The van der Waals surface area contributed by atoms with Crippen molar-refractivity contribution < 1.29 is 9.31 Å². The molecule has 1 aromatic rings. The minimum absolute atomic E-state index is 0.205. The van der Waals surface area contributed by atoms with E-state index in [0.717, 1.165) is 32.0 Å². The summed E-state index contributed by atoms with van der Waals surface area (Å²) in [6.45, 7) is 2.19. The van der Waals surface area contributed by atoms with Crippen LogP contribution in [0, 0.1) is 15.9 Å². The van der Waals surface area contributed by atoms with Crippen molar-refractivity contribution in [1.82, 2.24) is 4.90 Å². The Bertz CT molecular complexity index is 509. The molecule has 5 nitrogen and oxygen atoms in total. The van der Waals surface area contributed by atoms with Crippen LogP contribution in [0.25, 0.3) is 0 Å². The summed E-state index contributed by atoms with van der Waals surface area (Å²) in [6.07, 6.45) is 3.36. The Morgan fingerprint density at radius 1 is 1.32 bits per heavy atom. The minimum Gasteiger partial charge on any atom is -0.380 e. The van der Waals surface area contributed by atoms with Gasteiger partial charge >= 0.3 is 0 Å². The van der Waals surface area contributed by atoms with Crippen molar-refractivity contribution in [3.63, 3.8) is 0 Å². The molecule has 0 radical (unpaired) electrons. The maximum absolute atomic E-state index is 13.4. The van der Waals surface area contributed by atoms with Gasteiger partial charge in [-0.2, -0.15) is 0 Å². The monoisotopic (exact) mass is 265 g/mol. The molecule has 2 atom stereocenters. The number of hydrogen-bond donors (Lipinski definition) is 1. The number of hydrogen-bond acceptors (Lipinski definition) is 4. The van der Waals surface area contributed by atoms with Crippen LogP contribution in [0.1, 0.15) is 19.3 Å². The lowest BCUT2D eigenvalue weighted by atomic mass is 10.1. The third-order valence-corrected chi connectivity index (χ3v) is 4.05. The van der Waals surface area contributed by atoms with E-state index in [9.17, 15) is 14.5 Å². The van der Waals surface area contributed by atoms with Gasteiger partial charge in [0.15, 0.2) is 0 Å². The number of halogens is 1. The molecule has 0 aromatic heterocycles. The highest BCUT2D eigenvalue weighted by molar-refractivity contribution is 5.52. The van der Waals surface area contributed by atoms with Gasteiger partial charge in [-0.15, -0.1) is 0 Å². The van der Waals surface area contributed by atoms with E-state index in [1.807, 2.05) is 0 Å². The summed E-state index contributed by atoms with van der Waals surface area (Å²) in [5.74, 6) is -0.571. The van der Waals surface area contributed by atoms with E-state index in [2.05, 4.69) is 10.2 Å². The third kappa shape index (κ3) is 2.40. The average Bonchev–Trinajstić information content (AvgIpc) is 2.93. The molecule has 0 saturated carbocycles. The first-order chi connectivity index (χ1) is 9.13. The second-order valence-electron chi connectivity index (χ2n) is 5.24. The smallest absolute Gasteiger partial charge is 0.274 e. The van der Waals surface area contributed by atoms with E-state index >= 15 is 0 Å². The molecular formula is C13H16FN3O2. The molecule has 102 valence electrons. The van der Waals surface area contributed by atoms with Crippen LogP contribution in [-0.4, -0.2) is 35.0 Å². The zero-order chi connectivity index (χ0) is 13.4. The zero-order valence-electron chi connectivity index (χ0n) is 10.5. The van der Waals surface area contributed by atoms with E-state index in [1.165, 1.54) is 18.6 Å². The van der Waals surface area contributed by atoms with Crippen LogP contribution in [0.4, 0.5) is 15.8 Å². The lowest BCUT2D eigenvalue weighted by Crippen LogP contribution is -2.33. The lowest BCUT2D eigenvalue weighted by molar-refractivity contribution is -0.385. The number of nitrogens with zero attached hydrogens (tertiary/aromatic N) is 2. The summed E-state index contributed by atoms with van der Waals surface area (Å²) in [6, 6.07) is 4.43. The minimum atomic E-state index is -0.571. The number of non-ortho nitro benzene ring substituents is 1. The van der Waals surface area contributed by atoms with E-state index in [1.54, 1.807) is 0 Å². The summed E-state index contributed by atoms with van der Waals surface area (Å²) in [5.41, 5.74) is 0.300. The average molecular weight is 265 g/mol. The number of fused-ring (bicyclic) bond motifs is 1. The van der Waals surface area contributed by atoms with Crippen molar-refractivity contribution in [2.75, 3.05) is 18.4 Å². The summed E-state index contributed by atoms with van der Waals surface area (Å²) < 4.78 is 13.4. The molecule has 2 saturated heterocycles. The van der Waals surface area contributed by atoms with Crippen molar-refractivity contribution >= 4 is 11.4 Å². The highest BCUT2D eigenvalue weighted by Gasteiger charge is 2.37. The molecule has 2 heterocycles. The van der Waals surface area contributed by atoms with E-state index < -0.39 is 10.7 Å². The molecule has 0 aliphatic carbocycles. The number of nitro benzene ring substituents is 1. The number of nitrogens with one attached hydrogen (secondary N) is 1. The van der Waals surface area contributed by atoms with Gasteiger partial charge in [-0.1, -0.05) is 0 Å². The Kier molecular flexibility index (Phi) is 3.10. The van der Waals surface area contributed by atoms with Crippen LogP contribution in [0.3, 0.4) is 0 Å². The summed E-state index contributed by atoms with van der Waals surface area (Å²) in [5, 5.41) is 14.0. The van der Waals surface area contributed by atoms with Crippen molar-refractivity contribution in [3.05, 3.63) is 34.1 Å². The molecule has 19 heavy (non-hydrogen) atoms. The van der Waals surface area contributed by atoms with Crippen LogP contribution in [0.15, 0.2) is 18.2 Å². The van der Waals surface area contributed by atoms with Crippen molar-refractivity contribution in [2.45, 2.75) is 31.3 Å².